The number of hydrogen-bond acceptors (Lipinski definition) is 3. The Hall–Kier alpha value is -0.830. The molecule has 2 nitrogen and oxygen atoms in total. The summed E-state index contributed by atoms with van der Waals surface area (Å²) in [4.78, 5) is 1.08. The highest BCUT2D eigenvalue weighted by atomic mass is 32.2. The summed E-state index contributed by atoms with van der Waals surface area (Å²) >= 11 is 1.71. The maximum atomic E-state index is 5.70. The van der Waals surface area contributed by atoms with E-state index in [0.717, 1.165) is 22.0 Å². The van der Waals surface area contributed by atoms with Crippen molar-refractivity contribution in [1.82, 2.24) is 0 Å². The molecule has 60 valence electrons. The zero-order valence-corrected chi connectivity index (χ0v) is 7.32. The lowest BCUT2D eigenvalue weighted by Crippen LogP contribution is -1.91. The van der Waals surface area contributed by atoms with Crippen molar-refractivity contribution in [3.8, 4) is 0 Å². The number of nitrogen functional groups attached to an aromatic ring is 2. The number of thioether (sulfide) groups is 1. The second kappa shape index (κ2) is 3.53. The van der Waals surface area contributed by atoms with E-state index in [4.69, 9.17) is 11.5 Å². The highest BCUT2D eigenvalue weighted by Gasteiger charge is 1.97. The van der Waals surface area contributed by atoms with Gasteiger partial charge in [0.05, 0.1) is 0 Å². The second-order valence-corrected chi connectivity index (χ2v) is 3.54. The Balaban J connectivity index is 2.93. The minimum absolute atomic E-state index is 0.773. The van der Waals surface area contributed by atoms with E-state index in [-0.39, 0.29) is 0 Å². The fourth-order valence-corrected chi connectivity index (χ4v) is 1.60. The van der Waals surface area contributed by atoms with E-state index >= 15 is 0 Å². The molecule has 1 aromatic rings. The van der Waals surface area contributed by atoms with Gasteiger partial charge in [-0.15, -0.1) is 11.8 Å². The van der Waals surface area contributed by atoms with Crippen molar-refractivity contribution in [3.05, 3.63) is 18.2 Å². The average molecular weight is 168 g/mol. The van der Waals surface area contributed by atoms with Gasteiger partial charge in [-0.25, -0.2) is 0 Å². The molecule has 1 aromatic carbocycles. The molecule has 0 amide bonds. The van der Waals surface area contributed by atoms with Crippen molar-refractivity contribution in [2.75, 3.05) is 17.2 Å². The molecule has 1 rings (SSSR count). The molecule has 0 aromatic heterocycles. The van der Waals surface area contributed by atoms with Crippen LogP contribution in [0, 0.1) is 0 Å². The van der Waals surface area contributed by atoms with Crippen molar-refractivity contribution >= 4 is 23.1 Å². The first kappa shape index (κ1) is 8.27. The lowest BCUT2D eigenvalue weighted by Gasteiger charge is -2.03. The number of hydrogen-bond donors (Lipinski definition) is 2. The van der Waals surface area contributed by atoms with Crippen molar-refractivity contribution in [1.29, 1.82) is 0 Å². The molecule has 4 N–H and O–H groups in total. The lowest BCUT2D eigenvalue weighted by atomic mass is 10.3. The molecule has 0 bridgehead atoms. The van der Waals surface area contributed by atoms with Crippen LogP contribution in [0.5, 0.6) is 0 Å². The van der Waals surface area contributed by atoms with E-state index in [0.29, 0.717) is 0 Å². The van der Waals surface area contributed by atoms with E-state index in [2.05, 4.69) is 6.92 Å². The molecule has 0 atom stereocenters. The largest absolute Gasteiger partial charge is 0.399 e. The standard InChI is InChI=1S/C8H12N2S/c1-2-11-8-5-6(9)3-4-7(8)10/h3-5H,2,9-10H2,1H3. The van der Waals surface area contributed by atoms with Gasteiger partial charge in [0, 0.05) is 16.3 Å². The maximum absolute atomic E-state index is 5.70. The van der Waals surface area contributed by atoms with E-state index in [1.54, 1.807) is 11.8 Å². The van der Waals surface area contributed by atoms with Gasteiger partial charge in [0.15, 0.2) is 0 Å². The third-order valence-corrected chi connectivity index (χ3v) is 2.29. The SMILES string of the molecule is CCSc1cc(N)ccc1N. The van der Waals surface area contributed by atoms with Gasteiger partial charge in [0.25, 0.3) is 0 Å². The molecule has 0 saturated heterocycles. The molecule has 0 saturated carbocycles. The molecule has 11 heavy (non-hydrogen) atoms. The van der Waals surface area contributed by atoms with Crippen molar-refractivity contribution in [2.45, 2.75) is 11.8 Å². The van der Waals surface area contributed by atoms with Crippen LogP contribution in [0.2, 0.25) is 0 Å². The first-order chi connectivity index (χ1) is 5.24. The summed E-state index contributed by atoms with van der Waals surface area (Å²) in [6.07, 6.45) is 0. The molecule has 0 spiro atoms. The van der Waals surface area contributed by atoms with Gasteiger partial charge in [-0.1, -0.05) is 6.92 Å². The van der Waals surface area contributed by atoms with E-state index < -0.39 is 0 Å². The Morgan fingerprint density at radius 1 is 1.36 bits per heavy atom. The number of anilines is 2. The van der Waals surface area contributed by atoms with Gasteiger partial charge in [-0.05, 0) is 24.0 Å². The van der Waals surface area contributed by atoms with Crippen LogP contribution in [-0.4, -0.2) is 5.75 Å². The monoisotopic (exact) mass is 168 g/mol. The van der Waals surface area contributed by atoms with Crippen molar-refractivity contribution in [2.24, 2.45) is 0 Å². The highest BCUT2D eigenvalue weighted by molar-refractivity contribution is 7.99. The first-order valence-electron chi connectivity index (χ1n) is 3.52. The van der Waals surface area contributed by atoms with Gasteiger partial charge in [0.1, 0.15) is 0 Å². The fraction of sp³-hybridized carbons (Fsp3) is 0.250. The molecular formula is C8H12N2S. The average Bonchev–Trinajstić information content (AvgIpc) is 1.98. The van der Waals surface area contributed by atoms with Gasteiger partial charge in [-0.2, -0.15) is 0 Å². The molecule has 0 radical (unpaired) electrons. The van der Waals surface area contributed by atoms with Crippen LogP contribution in [0.4, 0.5) is 11.4 Å². The normalized spacial score (nSPS) is 9.91. The summed E-state index contributed by atoms with van der Waals surface area (Å²) in [5, 5.41) is 0. The van der Waals surface area contributed by atoms with Crippen LogP contribution < -0.4 is 11.5 Å². The number of nitrogens with two attached hydrogens (primary N) is 2. The second-order valence-electron chi connectivity index (χ2n) is 2.23. The predicted molar refractivity (Wildman–Crippen MR) is 51.7 cm³/mol. The quantitative estimate of drug-likeness (QED) is 0.524. The molecule has 0 unspecified atom stereocenters. The number of benzene rings is 1. The van der Waals surface area contributed by atoms with Gasteiger partial charge in [0.2, 0.25) is 0 Å². The number of rotatable bonds is 2. The van der Waals surface area contributed by atoms with Gasteiger partial charge < -0.3 is 11.5 Å². The highest BCUT2D eigenvalue weighted by Crippen LogP contribution is 2.26. The fourth-order valence-electron chi connectivity index (χ4n) is 0.831. The Morgan fingerprint density at radius 3 is 2.73 bits per heavy atom. The zero-order valence-electron chi connectivity index (χ0n) is 6.50. The molecule has 0 aliphatic rings. The molecule has 0 aliphatic carbocycles. The van der Waals surface area contributed by atoms with E-state index in [1.807, 2.05) is 18.2 Å². The van der Waals surface area contributed by atoms with Crippen molar-refractivity contribution < 1.29 is 0 Å². The maximum Gasteiger partial charge on any atom is 0.0453 e. The Kier molecular flexibility index (Phi) is 2.65. The predicted octanol–water partition coefficient (Wildman–Crippen LogP) is 1.96. The molecule has 0 heterocycles. The third kappa shape index (κ3) is 2.05. The minimum Gasteiger partial charge on any atom is -0.399 e. The summed E-state index contributed by atoms with van der Waals surface area (Å²) in [6.45, 7) is 2.09. The van der Waals surface area contributed by atoms with E-state index in [1.165, 1.54) is 0 Å². The Labute approximate surface area is 71.0 Å². The van der Waals surface area contributed by atoms with Crippen LogP contribution in [0.3, 0.4) is 0 Å². The summed E-state index contributed by atoms with van der Waals surface area (Å²) < 4.78 is 0. The molecule has 0 aliphatic heterocycles. The van der Waals surface area contributed by atoms with Crippen LogP contribution in [0.15, 0.2) is 23.1 Å². The van der Waals surface area contributed by atoms with Crippen LogP contribution in [-0.2, 0) is 0 Å². The zero-order chi connectivity index (χ0) is 8.27. The van der Waals surface area contributed by atoms with Gasteiger partial charge >= 0.3 is 0 Å². The summed E-state index contributed by atoms with van der Waals surface area (Å²) in [6, 6.07) is 5.56. The van der Waals surface area contributed by atoms with E-state index in [9.17, 15) is 0 Å². The molecule has 0 fully saturated rings. The minimum atomic E-state index is 0.773. The third-order valence-electron chi connectivity index (χ3n) is 1.34. The van der Waals surface area contributed by atoms with Crippen LogP contribution in [0.1, 0.15) is 6.92 Å². The van der Waals surface area contributed by atoms with Gasteiger partial charge in [-0.3, -0.25) is 0 Å². The summed E-state index contributed by atoms with van der Waals surface area (Å²) in [5.74, 6) is 1.02. The smallest absolute Gasteiger partial charge is 0.0453 e. The van der Waals surface area contributed by atoms with Crippen LogP contribution in [0.25, 0.3) is 0 Å². The lowest BCUT2D eigenvalue weighted by molar-refractivity contribution is 1.43. The first-order valence-corrected chi connectivity index (χ1v) is 4.50. The van der Waals surface area contributed by atoms with Crippen molar-refractivity contribution in [3.63, 3.8) is 0 Å². The summed E-state index contributed by atoms with van der Waals surface area (Å²) in [7, 11) is 0. The summed E-state index contributed by atoms with van der Waals surface area (Å²) in [5.41, 5.74) is 12.9. The Bertz CT molecular complexity index is 248. The Morgan fingerprint density at radius 2 is 2.09 bits per heavy atom. The van der Waals surface area contributed by atoms with Crippen LogP contribution >= 0.6 is 11.8 Å². The molecular weight excluding hydrogens is 156 g/mol. The topological polar surface area (TPSA) is 52.0 Å². The molecule has 3 heteroatoms.